The number of para-hydroxylation sites is 1. The van der Waals surface area contributed by atoms with Crippen molar-refractivity contribution in [1.29, 1.82) is 0 Å². The maximum absolute atomic E-state index is 5.41. The van der Waals surface area contributed by atoms with E-state index in [1.807, 2.05) is 30.3 Å². The Morgan fingerprint density at radius 1 is 0.958 bits per heavy atom. The first kappa shape index (κ1) is 16.7. The third-order valence-corrected chi connectivity index (χ3v) is 4.62. The molecule has 0 atom stereocenters. The quantitative estimate of drug-likeness (QED) is 0.864. The van der Waals surface area contributed by atoms with E-state index in [4.69, 9.17) is 4.74 Å². The van der Waals surface area contributed by atoms with Crippen molar-refractivity contribution < 1.29 is 4.74 Å². The van der Waals surface area contributed by atoms with Gasteiger partial charge in [0.25, 0.3) is 0 Å². The van der Waals surface area contributed by atoms with Crippen molar-refractivity contribution in [2.75, 3.05) is 38.2 Å². The van der Waals surface area contributed by atoms with Crippen molar-refractivity contribution in [2.24, 2.45) is 0 Å². The third-order valence-electron chi connectivity index (χ3n) is 4.62. The van der Waals surface area contributed by atoms with Gasteiger partial charge in [0.1, 0.15) is 5.75 Å². The number of methoxy groups -OCH3 is 1. The highest BCUT2D eigenvalue weighted by Gasteiger charge is 2.18. The Balaban J connectivity index is 1.75. The van der Waals surface area contributed by atoms with E-state index in [1.165, 1.54) is 0 Å². The van der Waals surface area contributed by atoms with Crippen molar-refractivity contribution in [1.82, 2.24) is 15.1 Å². The van der Waals surface area contributed by atoms with Gasteiger partial charge < -0.3 is 9.64 Å². The van der Waals surface area contributed by atoms with Crippen molar-refractivity contribution >= 4 is 5.82 Å². The molecule has 0 N–H and O–H groups in total. The predicted molar refractivity (Wildman–Crippen MR) is 97.6 cm³/mol. The summed E-state index contributed by atoms with van der Waals surface area (Å²) in [6.45, 7) is 8.79. The van der Waals surface area contributed by atoms with Crippen LogP contribution in [0, 0.1) is 0 Å². The van der Waals surface area contributed by atoms with Crippen LogP contribution in [0.25, 0.3) is 11.3 Å². The first-order valence-corrected chi connectivity index (χ1v) is 8.65. The summed E-state index contributed by atoms with van der Waals surface area (Å²) in [5.41, 5.74) is 1.82. The molecule has 5 heteroatoms. The molecular weight excluding hydrogens is 300 g/mol. The minimum absolute atomic E-state index is 0.601. The fourth-order valence-corrected chi connectivity index (χ4v) is 3.18. The molecule has 3 rings (SSSR count). The van der Waals surface area contributed by atoms with Crippen molar-refractivity contribution in [3.05, 3.63) is 36.4 Å². The van der Waals surface area contributed by atoms with Crippen LogP contribution in [0.3, 0.4) is 0 Å². The lowest BCUT2D eigenvalue weighted by molar-refractivity contribution is 0.238. The van der Waals surface area contributed by atoms with E-state index in [1.54, 1.807) is 7.11 Å². The lowest BCUT2D eigenvalue weighted by Crippen LogP contribution is -2.35. The molecule has 1 aliphatic heterocycles. The zero-order valence-corrected chi connectivity index (χ0v) is 14.8. The number of rotatable bonds is 4. The molecular formula is C19H26N4O. The van der Waals surface area contributed by atoms with E-state index in [0.29, 0.717) is 6.04 Å². The molecule has 0 amide bonds. The molecule has 0 spiro atoms. The molecule has 1 saturated heterocycles. The molecule has 5 nitrogen and oxygen atoms in total. The van der Waals surface area contributed by atoms with E-state index in [0.717, 1.165) is 55.4 Å². The Bertz CT molecular complexity index is 657. The van der Waals surface area contributed by atoms with Gasteiger partial charge >= 0.3 is 0 Å². The zero-order valence-electron chi connectivity index (χ0n) is 14.8. The molecule has 0 saturated carbocycles. The molecule has 24 heavy (non-hydrogen) atoms. The third kappa shape index (κ3) is 3.67. The average Bonchev–Trinajstić information content (AvgIpc) is 2.88. The van der Waals surface area contributed by atoms with Gasteiger partial charge in [0.05, 0.1) is 12.8 Å². The number of aromatic nitrogens is 2. The van der Waals surface area contributed by atoms with E-state index in [-0.39, 0.29) is 0 Å². The van der Waals surface area contributed by atoms with Crippen molar-refractivity contribution in [3.63, 3.8) is 0 Å². The second kappa shape index (κ2) is 7.62. The highest BCUT2D eigenvalue weighted by atomic mass is 16.5. The summed E-state index contributed by atoms with van der Waals surface area (Å²) in [7, 11) is 1.68. The van der Waals surface area contributed by atoms with Gasteiger partial charge in [-0.05, 0) is 44.5 Å². The minimum atomic E-state index is 0.601. The molecule has 2 heterocycles. The molecule has 1 aromatic heterocycles. The molecule has 0 radical (unpaired) electrons. The summed E-state index contributed by atoms with van der Waals surface area (Å²) in [5, 5.41) is 8.90. The van der Waals surface area contributed by atoms with Crippen LogP contribution in [0.15, 0.2) is 36.4 Å². The average molecular weight is 326 g/mol. The standard InChI is InChI=1S/C19H26N4O/c1-15(2)22-11-6-12-23(14-13-22)19-10-9-17(20-21-19)16-7-4-5-8-18(16)24-3/h4-5,7-10,15H,6,11-14H2,1-3H3. The molecule has 1 fully saturated rings. The van der Waals surface area contributed by atoms with E-state index in [2.05, 4.69) is 39.9 Å². The summed E-state index contributed by atoms with van der Waals surface area (Å²) < 4.78 is 5.41. The molecule has 1 aromatic carbocycles. The summed E-state index contributed by atoms with van der Waals surface area (Å²) in [6.07, 6.45) is 1.16. The van der Waals surface area contributed by atoms with Gasteiger partial charge in [0.2, 0.25) is 0 Å². The molecule has 0 unspecified atom stereocenters. The Labute approximate surface area is 144 Å². The topological polar surface area (TPSA) is 41.5 Å². The number of hydrogen-bond acceptors (Lipinski definition) is 5. The van der Waals surface area contributed by atoms with Gasteiger partial charge in [-0.15, -0.1) is 10.2 Å². The predicted octanol–water partition coefficient (Wildman–Crippen LogP) is 3.07. The Hall–Kier alpha value is -2.14. The summed E-state index contributed by atoms with van der Waals surface area (Å²) in [4.78, 5) is 4.86. The van der Waals surface area contributed by atoms with Gasteiger partial charge in [0.15, 0.2) is 5.82 Å². The van der Waals surface area contributed by atoms with Crippen LogP contribution in [-0.2, 0) is 0 Å². The fourth-order valence-electron chi connectivity index (χ4n) is 3.18. The van der Waals surface area contributed by atoms with Crippen LogP contribution in [-0.4, -0.2) is 54.4 Å². The van der Waals surface area contributed by atoms with Crippen LogP contribution in [0.2, 0.25) is 0 Å². The maximum Gasteiger partial charge on any atom is 0.151 e. The van der Waals surface area contributed by atoms with Crippen molar-refractivity contribution in [3.8, 4) is 17.0 Å². The van der Waals surface area contributed by atoms with Crippen LogP contribution in [0.5, 0.6) is 5.75 Å². The number of nitrogens with zero attached hydrogens (tertiary/aromatic N) is 4. The number of benzene rings is 1. The summed E-state index contributed by atoms with van der Waals surface area (Å²) >= 11 is 0. The Morgan fingerprint density at radius 2 is 1.79 bits per heavy atom. The van der Waals surface area contributed by atoms with Gasteiger partial charge in [-0.1, -0.05) is 12.1 Å². The monoisotopic (exact) mass is 326 g/mol. The Kier molecular flexibility index (Phi) is 5.30. The van der Waals surface area contributed by atoms with Gasteiger partial charge in [-0.25, -0.2) is 0 Å². The highest BCUT2D eigenvalue weighted by Crippen LogP contribution is 2.28. The molecule has 128 valence electrons. The second-order valence-corrected chi connectivity index (χ2v) is 6.45. The first-order chi connectivity index (χ1) is 11.7. The first-order valence-electron chi connectivity index (χ1n) is 8.65. The molecule has 2 aromatic rings. The summed E-state index contributed by atoms with van der Waals surface area (Å²) in [5.74, 6) is 1.78. The minimum Gasteiger partial charge on any atom is -0.496 e. The molecule has 1 aliphatic rings. The van der Waals surface area contributed by atoms with Crippen LogP contribution >= 0.6 is 0 Å². The fraction of sp³-hybridized carbons (Fsp3) is 0.474. The second-order valence-electron chi connectivity index (χ2n) is 6.45. The lowest BCUT2D eigenvalue weighted by atomic mass is 10.1. The number of anilines is 1. The lowest BCUT2D eigenvalue weighted by Gasteiger charge is -2.25. The Morgan fingerprint density at radius 3 is 2.50 bits per heavy atom. The van der Waals surface area contributed by atoms with Crippen LogP contribution in [0.4, 0.5) is 5.82 Å². The van der Waals surface area contributed by atoms with Gasteiger partial charge in [-0.2, -0.15) is 0 Å². The van der Waals surface area contributed by atoms with Gasteiger partial charge in [-0.3, -0.25) is 4.90 Å². The van der Waals surface area contributed by atoms with Gasteiger partial charge in [0, 0.05) is 37.8 Å². The SMILES string of the molecule is COc1ccccc1-c1ccc(N2CCCN(C(C)C)CC2)nn1. The normalized spacial score (nSPS) is 16.2. The largest absolute Gasteiger partial charge is 0.496 e. The van der Waals surface area contributed by atoms with E-state index >= 15 is 0 Å². The smallest absolute Gasteiger partial charge is 0.151 e. The van der Waals surface area contributed by atoms with Crippen LogP contribution < -0.4 is 9.64 Å². The number of hydrogen-bond donors (Lipinski definition) is 0. The highest BCUT2D eigenvalue weighted by molar-refractivity contribution is 5.67. The summed E-state index contributed by atoms with van der Waals surface area (Å²) in [6, 6.07) is 12.6. The maximum atomic E-state index is 5.41. The number of ether oxygens (including phenoxy) is 1. The van der Waals surface area contributed by atoms with Crippen LogP contribution in [0.1, 0.15) is 20.3 Å². The molecule has 0 bridgehead atoms. The van der Waals surface area contributed by atoms with Crippen molar-refractivity contribution in [2.45, 2.75) is 26.3 Å². The zero-order chi connectivity index (χ0) is 16.9. The van der Waals surface area contributed by atoms with E-state index < -0.39 is 0 Å². The molecule has 0 aliphatic carbocycles. The van der Waals surface area contributed by atoms with E-state index in [9.17, 15) is 0 Å².